The second kappa shape index (κ2) is 14.9. The lowest BCUT2D eigenvalue weighted by Gasteiger charge is -2.25. The molecule has 11 nitrogen and oxygen atoms in total. The molecule has 168 valence electrons. The van der Waals surface area contributed by atoms with Gasteiger partial charge in [-0.15, -0.1) is 0 Å². The summed E-state index contributed by atoms with van der Waals surface area (Å²) >= 11 is 0. The Morgan fingerprint density at radius 1 is 1.13 bits per heavy atom. The van der Waals surface area contributed by atoms with Gasteiger partial charge < -0.3 is 25.0 Å². The first-order chi connectivity index (χ1) is 14.0. The minimum Gasteiger partial charge on any atom is -0.481 e. The molecule has 1 saturated heterocycles. The van der Waals surface area contributed by atoms with Crippen molar-refractivity contribution >= 4 is 23.8 Å². The number of hydrogen-bond donors (Lipinski definition) is 3. The largest absolute Gasteiger partial charge is 0.481 e. The summed E-state index contributed by atoms with van der Waals surface area (Å²) in [4.78, 5) is 48.9. The van der Waals surface area contributed by atoms with E-state index in [0.29, 0.717) is 19.7 Å². The summed E-state index contributed by atoms with van der Waals surface area (Å²) in [5.41, 5.74) is 1.08. The summed E-state index contributed by atoms with van der Waals surface area (Å²) < 4.78 is 5.25. The molecule has 1 amide bonds. The number of ether oxygens (including phenoxy) is 1. The van der Waals surface area contributed by atoms with Crippen LogP contribution in [0.4, 0.5) is 0 Å². The first-order valence-electron chi connectivity index (χ1n) is 9.07. The summed E-state index contributed by atoms with van der Waals surface area (Å²) in [6.07, 6.45) is 3.43. The third-order valence-corrected chi connectivity index (χ3v) is 3.57. The van der Waals surface area contributed by atoms with E-state index in [1.54, 1.807) is 17.3 Å². The number of carboxylic acids is 3. The van der Waals surface area contributed by atoms with Gasteiger partial charge in [-0.25, -0.2) is 0 Å². The number of nitrogens with zero attached hydrogens (tertiary/aromatic N) is 3. The van der Waals surface area contributed by atoms with Crippen molar-refractivity contribution in [2.45, 2.75) is 20.4 Å². The molecule has 0 bridgehead atoms. The Morgan fingerprint density at radius 2 is 1.67 bits per heavy atom. The van der Waals surface area contributed by atoms with Crippen LogP contribution >= 0.6 is 0 Å². The van der Waals surface area contributed by atoms with E-state index in [-0.39, 0.29) is 25.6 Å². The number of carbonyl (C=O) groups excluding carboxylic acids is 1. The number of rotatable bonds is 5. The summed E-state index contributed by atoms with van der Waals surface area (Å²) in [6.45, 7) is 4.23. The Balaban J connectivity index is 0.000000901. The molecule has 0 saturated carbocycles. The van der Waals surface area contributed by atoms with Gasteiger partial charge in [-0.2, -0.15) is 0 Å². The number of likely N-dealkylation sites (N-methyl/N-ethyl adjacent to an activating group) is 1. The van der Waals surface area contributed by atoms with E-state index >= 15 is 0 Å². The zero-order valence-corrected chi connectivity index (χ0v) is 17.4. The van der Waals surface area contributed by atoms with Crippen molar-refractivity contribution in [1.29, 1.82) is 0 Å². The van der Waals surface area contributed by atoms with Gasteiger partial charge in [-0.3, -0.25) is 29.1 Å². The van der Waals surface area contributed by atoms with Gasteiger partial charge in [-0.1, -0.05) is 0 Å². The predicted molar refractivity (Wildman–Crippen MR) is 106 cm³/mol. The predicted octanol–water partition coefficient (Wildman–Crippen LogP) is 0.255. The molecule has 0 aliphatic carbocycles. The Bertz CT molecular complexity index is 664. The van der Waals surface area contributed by atoms with Crippen molar-refractivity contribution in [3.63, 3.8) is 0 Å². The van der Waals surface area contributed by atoms with Crippen LogP contribution in [0.15, 0.2) is 24.5 Å². The topological polar surface area (TPSA) is 158 Å². The molecule has 1 aliphatic rings. The van der Waals surface area contributed by atoms with Gasteiger partial charge in [0.2, 0.25) is 5.91 Å². The number of carboxylic acid groups (broad SMARTS) is 3. The van der Waals surface area contributed by atoms with Gasteiger partial charge in [0, 0.05) is 45.9 Å². The number of aliphatic carboxylic acids is 3. The number of amides is 1. The molecule has 0 spiro atoms. The molecule has 2 rings (SSSR count). The molecule has 11 heteroatoms. The maximum absolute atomic E-state index is 12.3. The van der Waals surface area contributed by atoms with Crippen LogP contribution in [-0.2, 0) is 30.5 Å². The van der Waals surface area contributed by atoms with E-state index in [9.17, 15) is 9.59 Å². The molecular formula is C19H29N3O8. The van der Waals surface area contributed by atoms with Crippen molar-refractivity contribution < 1.29 is 39.2 Å². The molecule has 1 aromatic rings. The molecule has 1 aromatic heterocycles. The maximum Gasteiger partial charge on any atom is 0.310 e. The Labute approximate surface area is 174 Å². The van der Waals surface area contributed by atoms with Crippen molar-refractivity contribution in [2.24, 2.45) is 5.92 Å². The normalized spacial score (nSPS) is 15.6. The van der Waals surface area contributed by atoms with Gasteiger partial charge in [0.15, 0.2) is 0 Å². The fourth-order valence-electron chi connectivity index (χ4n) is 2.37. The van der Waals surface area contributed by atoms with E-state index in [0.717, 1.165) is 19.4 Å². The van der Waals surface area contributed by atoms with Crippen LogP contribution in [0.1, 0.15) is 19.4 Å². The zero-order chi connectivity index (χ0) is 23.1. The van der Waals surface area contributed by atoms with E-state index in [1.807, 2.05) is 24.1 Å². The van der Waals surface area contributed by atoms with Crippen molar-refractivity contribution in [2.75, 3.05) is 39.9 Å². The molecule has 30 heavy (non-hydrogen) atoms. The summed E-state index contributed by atoms with van der Waals surface area (Å²) in [7, 11) is 1.86. The van der Waals surface area contributed by atoms with Crippen LogP contribution in [0, 0.1) is 5.92 Å². The van der Waals surface area contributed by atoms with Gasteiger partial charge in [0.05, 0.1) is 25.7 Å². The zero-order valence-electron chi connectivity index (χ0n) is 17.4. The van der Waals surface area contributed by atoms with Gasteiger partial charge >= 0.3 is 5.97 Å². The number of carbonyl (C=O) groups is 4. The summed E-state index contributed by atoms with van der Waals surface area (Å²) in [6, 6.07) is 3.81. The standard InChI is InChI=1S/C15H21N3O4.2C2H4O2/c1-17(8-12-2-4-16-5-3-12)10-14(19)18-6-7-22-11-13(9-18)15(20)21;2*1-2(3)4/h2-5,13H,6-11H2,1H3,(H,20,21);2*1H3,(H,3,4). The van der Waals surface area contributed by atoms with Crippen molar-refractivity contribution in [3.8, 4) is 0 Å². The molecular weight excluding hydrogens is 398 g/mol. The number of pyridine rings is 1. The quantitative estimate of drug-likeness (QED) is 0.595. The van der Waals surface area contributed by atoms with Crippen LogP contribution < -0.4 is 0 Å². The minimum absolute atomic E-state index is 0.0756. The van der Waals surface area contributed by atoms with Gasteiger partial charge in [-0.05, 0) is 24.7 Å². The van der Waals surface area contributed by atoms with Crippen LogP contribution in [-0.4, -0.2) is 93.8 Å². The monoisotopic (exact) mass is 427 g/mol. The van der Waals surface area contributed by atoms with Crippen molar-refractivity contribution in [1.82, 2.24) is 14.8 Å². The lowest BCUT2D eigenvalue weighted by Crippen LogP contribution is -2.42. The Kier molecular flexibility index (Phi) is 13.4. The molecule has 3 N–H and O–H groups in total. The summed E-state index contributed by atoms with van der Waals surface area (Å²) in [5, 5.41) is 23.9. The van der Waals surface area contributed by atoms with Gasteiger partial charge in [0.1, 0.15) is 0 Å². The second-order valence-electron chi connectivity index (χ2n) is 6.52. The van der Waals surface area contributed by atoms with Crippen LogP contribution in [0.2, 0.25) is 0 Å². The van der Waals surface area contributed by atoms with Crippen LogP contribution in [0.3, 0.4) is 0 Å². The average Bonchev–Trinajstić information content (AvgIpc) is 2.88. The Hall–Kier alpha value is -3.05. The molecule has 0 aromatic carbocycles. The average molecular weight is 427 g/mol. The Morgan fingerprint density at radius 3 is 2.17 bits per heavy atom. The van der Waals surface area contributed by atoms with Crippen molar-refractivity contribution in [3.05, 3.63) is 30.1 Å². The maximum atomic E-state index is 12.3. The highest BCUT2D eigenvalue weighted by Gasteiger charge is 2.27. The SMILES string of the molecule is CC(=O)O.CC(=O)O.CN(CC(=O)N1CCOCC(C(=O)O)C1)Cc1ccncc1. The highest BCUT2D eigenvalue weighted by Crippen LogP contribution is 2.09. The highest BCUT2D eigenvalue weighted by molar-refractivity contribution is 5.79. The van der Waals surface area contributed by atoms with Gasteiger partial charge in [0.25, 0.3) is 11.9 Å². The molecule has 0 radical (unpaired) electrons. The van der Waals surface area contributed by atoms with E-state index in [4.69, 9.17) is 29.6 Å². The summed E-state index contributed by atoms with van der Waals surface area (Å²) in [5.74, 6) is -3.32. The lowest BCUT2D eigenvalue weighted by atomic mass is 10.1. The third kappa shape index (κ3) is 14.0. The second-order valence-corrected chi connectivity index (χ2v) is 6.52. The van der Waals surface area contributed by atoms with E-state index in [2.05, 4.69) is 4.98 Å². The fourth-order valence-corrected chi connectivity index (χ4v) is 2.37. The molecule has 1 fully saturated rings. The minimum atomic E-state index is -0.926. The van der Waals surface area contributed by atoms with Crippen LogP contribution in [0.5, 0.6) is 0 Å². The molecule has 1 unspecified atom stereocenters. The lowest BCUT2D eigenvalue weighted by molar-refractivity contribution is -0.144. The number of hydrogen-bond acceptors (Lipinski definition) is 7. The number of aromatic nitrogens is 1. The first-order valence-corrected chi connectivity index (χ1v) is 9.07. The van der Waals surface area contributed by atoms with E-state index in [1.165, 1.54) is 0 Å². The molecule has 1 aliphatic heterocycles. The first kappa shape index (κ1) is 27.0. The van der Waals surface area contributed by atoms with E-state index < -0.39 is 23.8 Å². The molecule has 1 atom stereocenters. The molecule has 2 heterocycles. The van der Waals surface area contributed by atoms with Crippen LogP contribution in [0.25, 0.3) is 0 Å². The fraction of sp³-hybridized carbons (Fsp3) is 0.526. The highest BCUT2D eigenvalue weighted by atomic mass is 16.5. The smallest absolute Gasteiger partial charge is 0.310 e. The third-order valence-electron chi connectivity index (χ3n) is 3.57.